The van der Waals surface area contributed by atoms with E-state index < -0.39 is 0 Å². The summed E-state index contributed by atoms with van der Waals surface area (Å²) in [7, 11) is 0. The molecular formula is C9H11ClN2O. The molecule has 2 atom stereocenters. The molecule has 1 heterocycles. The van der Waals surface area contributed by atoms with Crippen molar-refractivity contribution in [3.8, 4) is 0 Å². The van der Waals surface area contributed by atoms with Gasteiger partial charge in [-0.2, -0.15) is 4.98 Å². The van der Waals surface area contributed by atoms with E-state index in [1.54, 1.807) is 0 Å². The van der Waals surface area contributed by atoms with E-state index in [4.69, 9.17) is 16.1 Å². The molecule has 1 aliphatic rings. The van der Waals surface area contributed by atoms with Crippen LogP contribution in [0.2, 0.25) is 0 Å². The van der Waals surface area contributed by atoms with Crippen molar-refractivity contribution in [2.24, 2.45) is 0 Å². The van der Waals surface area contributed by atoms with Gasteiger partial charge in [0.25, 0.3) is 0 Å². The Labute approximate surface area is 81.8 Å². The van der Waals surface area contributed by atoms with Gasteiger partial charge in [0.1, 0.15) is 0 Å². The van der Waals surface area contributed by atoms with E-state index >= 15 is 0 Å². The van der Waals surface area contributed by atoms with E-state index in [1.165, 1.54) is 12.0 Å². The molecule has 0 aromatic carbocycles. The molecule has 2 unspecified atom stereocenters. The van der Waals surface area contributed by atoms with E-state index in [9.17, 15) is 0 Å². The Morgan fingerprint density at radius 2 is 2.46 bits per heavy atom. The van der Waals surface area contributed by atoms with E-state index in [0.29, 0.717) is 0 Å². The highest BCUT2D eigenvalue weighted by molar-refractivity contribution is 6.21. The number of allylic oxidation sites excluding steroid dienone is 1. The average Bonchev–Trinajstić information content (AvgIpc) is 2.56. The Hall–Kier alpha value is -0.830. The fourth-order valence-electron chi connectivity index (χ4n) is 1.69. The third-order valence-electron chi connectivity index (χ3n) is 2.44. The van der Waals surface area contributed by atoms with Gasteiger partial charge < -0.3 is 4.52 Å². The van der Waals surface area contributed by atoms with E-state index in [2.05, 4.69) is 16.7 Å². The molecule has 1 aromatic heterocycles. The predicted octanol–water partition coefficient (Wildman–Crippen LogP) is 2.50. The van der Waals surface area contributed by atoms with Crippen LogP contribution in [-0.4, -0.2) is 15.5 Å². The van der Waals surface area contributed by atoms with Crippen LogP contribution in [0, 0.1) is 0 Å². The molecule has 4 heteroatoms. The first-order valence-electron chi connectivity index (χ1n) is 4.34. The number of alkyl halides is 1. The van der Waals surface area contributed by atoms with Gasteiger partial charge in [-0.25, -0.2) is 0 Å². The molecule has 0 radical (unpaired) electrons. The number of hydrogen-bond donors (Lipinski definition) is 0. The van der Waals surface area contributed by atoms with Crippen molar-refractivity contribution in [2.75, 3.05) is 0 Å². The SMILES string of the molecule is C=C1CCC(c2ncon2)C(Cl)C1. The lowest BCUT2D eigenvalue weighted by atomic mass is 9.85. The first kappa shape index (κ1) is 8.75. The van der Waals surface area contributed by atoms with Gasteiger partial charge in [-0.3, -0.25) is 0 Å². The number of aromatic nitrogens is 2. The molecule has 0 amide bonds. The summed E-state index contributed by atoms with van der Waals surface area (Å²) in [5, 5.41) is 3.88. The van der Waals surface area contributed by atoms with Gasteiger partial charge in [-0.05, 0) is 19.3 Å². The second-order valence-corrected chi connectivity index (χ2v) is 3.97. The summed E-state index contributed by atoms with van der Waals surface area (Å²) in [4.78, 5) is 4.02. The minimum absolute atomic E-state index is 0.0684. The van der Waals surface area contributed by atoms with Crippen molar-refractivity contribution in [1.82, 2.24) is 10.1 Å². The largest absolute Gasteiger partial charge is 0.343 e. The van der Waals surface area contributed by atoms with Crippen molar-refractivity contribution < 1.29 is 4.52 Å². The topological polar surface area (TPSA) is 38.9 Å². The summed E-state index contributed by atoms with van der Waals surface area (Å²) in [5.74, 6) is 0.957. The lowest BCUT2D eigenvalue weighted by Gasteiger charge is -2.25. The minimum Gasteiger partial charge on any atom is -0.343 e. The Kier molecular flexibility index (Phi) is 2.36. The van der Waals surface area contributed by atoms with Crippen molar-refractivity contribution in [3.05, 3.63) is 24.4 Å². The Balaban J connectivity index is 2.12. The van der Waals surface area contributed by atoms with Crippen LogP contribution in [0.25, 0.3) is 0 Å². The molecule has 70 valence electrons. The first-order chi connectivity index (χ1) is 6.27. The molecule has 0 spiro atoms. The number of halogens is 1. The quantitative estimate of drug-likeness (QED) is 0.514. The van der Waals surface area contributed by atoms with Crippen LogP contribution in [0.3, 0.4) is 0 Å². The monoisotopic (exact) mass is 198 g/mol. The van der Waals surface area contributed by atoms with Crippen LogP contribution in [0.1, 0.15) is 31.0 Å². The highest BCUT2D eigenvalue weighted by atomic mass is 35.5. The molecule has 2 rings (SSSR count). The maximum Gasteiger partial charge on any atom is 0.213 e. The molecule has 0 N–H and O–H groups in total. The standard InChI is InChI=1S/C9H11ClN2O/c1-6-2-3-7(8(10)4-6)9-11-5-13-12-9/h5,7-8H,1-4H2. The Bertz CT molecular complexity index is 297. The number of nitrogens with zero attached hydrogens (tertiary/aromatic N) is 2. The highest BCUT2D eigenvalue weighted by Crippen LogP contribution is 2.36. The van der Waals surface area contributed by atoms with Crippen LogP contribution in [-0.2, 0) is 0 Å². The molecule has 13 heavy (non-hydrogen) atoms. The molecular weight excluding hydrogens is 188 g/mol. The summed E-state index contributed by atoms with van der Waals surface area (Å²) in [6.07, 6.45) is 4.21. The molecule has 3 nitrogen and oxygen atoms in total. The van der Waals surface area contributed by atoms with Gasteiger partial charge in [0.05, 0.1) is 0 Å². The van der Waals surface area contributed by atoms with Crippen LogP contribution >= 0.6 is 11.6 Å². The maximum atomic E-state index is 6.19. The zero-order valence-corrected chi connectivity index (χ0v) is 8.00. The van der Waals surface area contributed by atoms with Crippen LogP contribution in [0.4, 0.5) is 0 Å². The molecule has 1 aliphatic carbocycles. The van der Waals surface area contributed by atoms with Gasteiger partial charge in [0.15, 0.2) is 5.82 Å². The molecule has 0 saturated heterocycles. The summed E-state index contributed by atoms with van der Waals surface area (Å²) >= 11 is 6.19. The second-order valence-electron chi connectivity index (χ2n) is 3.40. The van der Waals surface area contributed by atoms with Crippen molar-refractivity contribution >= 4 is 11.6 Å². The zero-order valence-electron chi connectivity index (χ0n) is 7.24. The lowest BCUT2D eigenvalue weighted by Crippen LogP contribution is -2.19. The second kappa shape index (κ2) is 3.50. The average molecular weight is 199 g/mol. The first-order valence-corrected chi connectivity index (χ1v) is 4.78. The van der Waals surface area contributed by atoms with Crippen molar-refractivity contribution in [1.29, 1.82) is 0 Å². The van der Waals surface area contributed by atoms with Gasteiger partial charge in [-0.1, -0.05) is 17.3 Å². The van der Waals surface area contributed by atoms with Crippen LogP contribution in [0.5, 0.6) is 0 Å². The van der Waals surface area contributed by atoms with Gasteiger partial charge in [-0.15, -0.1) is 11.6 Å². The zero-order chi connectivity index (χ0) is 9.26. The van der Waals surface area contributed by atoms with E-state index in [1.807, 2.05) is 0 Å². The smallest absolute Gasteiger partial charge is 0.213 e. The van der Waals surface area contributed by atoms with Crippen molar-refractivity contribution in [3.63, 3.8) is 0 Å². The highest BCUT2D eigenvalue weighted by Gasteiger charge is 2.29. The van der Waals surface area contributed by atoms with Gasteiger partial charge in [0, 0.05) is 11.3 Å². The third-order valence-corrected chi connectivity index (χ3v) is 2.90. The molecule has 1 fully saturated rings. The fraction of sp³-hybridized carbons (Fsp3) is 0.556. The number of hydrogen-bond acceptors (Lipinski definition) is 3. The lowest BCUT2D eigenvalue weighted by molar-refractivity contribution is 0.394. The minimum atomic E-state index is 0.0684. The van der Waals surface area contributed by atoms with Crippen LogP contribution in [0.15, 0.2) is 23.1 Å². The third kappa shape index (κ3) is 1.75. The molecule has 0 bridgehead atoms. The summed E-state index contributed by atoms with van der Waals surface area (Å²) in [6, 6.07) is 0. The summed E-state index contributed by atoms with van der Waals surface area (Å²) in [5.41, 5.74) is 1.22. The molecule has 0 aliphatic heterocycles. The predicted molar refractivity (Wildman–Crippen MR) is 49.7 cm³/mol. The molecule has 1 aromatic rings. The molecule has 1 saturated carbocycles. The van der Waals surface area contributed by atoms with Gasteiger partial charge >= 0.3 is 0 Å². The Morgan fingerprint density at radius 3 is 3.08 bits per heavy atom. The van der Waals surface area contributed by atoms with E-state index in [-0.39, 0.29) is 11.3 Å². The summed E-state index contributed by atoms with van der Waals surface area (Å²) < 4.78 is 4.70. The van der Waals surface area contributed by atoms with Crippen molar-refractivity contribution in [2.45, 2.75) is 30.6 Å². The number of rotatable bonds is 1. The van der Waals surface area contributed by atoms with Crippen LogP contribution < -0.4 is 0 Å². The van der Waals surface area contributed by atoms with Gasteiger partial charge in [0.2, 0.25) is 6.39 Å². The van der Waals surface area contributed by atoms with E-state index in [0.717, 1.165) is 25.1 Å². The fourth-order valence-corrected chi connectivity index (χ4v) is 2.15. The maximum absolute atomic E-state index is 6.19. The Morgan fingerprint density at radius 1 is 1.62 bits per heavy atom. The normalized spacial score (nSPS) is 29.2. The summed E-state index contributed by atoms with van der Waals surface area (Å²) in [6.45, 7) is 3.93.